The minimum absolute atomic E-state index is 0.0774. The van der Waals surface area contributed by atoms with Gasteiger partial charge in [0.25, 0.3) is 0 Å². The van der Waals surface area contributed by atoms with Gasteiger partial charge in [-0.15, -0.1) is 0 Å². The van der Waals surface area contributed by atoms with E-state index in [9.17, 15) is 4.79 Å². The minimum atomic E-state index is 0.0774. The fraction of sp³-hybridized carbons (Fsp3) is 0.857. The van der Waals surface area contributed by atoms with E-state index in [-0.39, 0.29) is 11.8 Å². The molecule has 1 heterocycles. The van der Waals surface area contributed by atoms with Crippen molar-refractivity contribution in [1.82, 2.24) is 5.32 Å². The number of nitrogens with one attached hydrogen (secondary N) is 1. The van der Waals surface area contributed by atoms with Gasteiger partial charge in [-0.2, -0.15) is 0 Å². The van der Waals surface area contributed by atoms with Crippen molar-refractivity contribution in [2.24, 2.45) is 11.7 Å². The van der Waals surface area contributed by atoms with E-state index in [1.165, 1.54) is 0 Å². The van der Waals surface area contributed by atoms with Crippen molar-refractivity contribution in [2.45, 2.75) is 19.4 Å². The van der Waals surface area contributed by atoms with Gasteiger partial charge in [-0.3, -0.25) is 4.79 Å². The van der Waals surface area contributed by atoms with Crippen molar-refractivity contribution in [2.75, 3.05) is 13.1 Å². The first-order chi connectivity index (χ1) is 4.74. The van der Waals surface area contributed by atoms with E-state index in [2.05, 4.69) is 5.32 Å². The predicted molar refractivity (Wildman–Crippen MR) is 39.6 cm³/mol. The molecule has 0 aliphatic carbocycles. The maximum absolute atomic E-state index is 10.8. The zero-order valence-corrected chi connectivity index (χ0v) is 6.26. The van der Waals surface area contributed by atoms with Crippen LogP contribution in [0.2, 0.25) is 0 Å². The number of nitrogens with two attached hydrogens (primary N) is 1. The molecule has 58 valence electrons. The van der Waals surface area contributed by atoms with Crippen LogP contribution >= 0.6 is 0 Å². The van der Waals surface area contributed by atoms with Crippen LogP contribution < -0.4 is 11.1 Å². The van der Waals surface area contributed by atoms with E-state index < -0.39 is 0 Å². The maximum Gasteiger partial charge on any atom is 0.146 e. The lowest BCUT2D eigenvalue weighted by atomic mass is 10.0. The Morgan fingerprint density at radius 3 is 2.80 bits per heavy atom. The predicted octanol–water partition coefficient (Wildman–Crippen LogP) is -0.488. The number of hydrogen-bond donors (Lipinski definition) is 2. The van der Waals surface area contributed by atoms with Gasteiger partial charge in [0.2, 0.25) is 0 Å². The fourth-order valence-electron chi connectivity index (χ4n) is 1.30. The summed E-state index contributed by atoms with van der Waals surface area (Å²) in [5.41, 5.74) is 5.44. The van der Waals surface area contributed by atoms with Crippen LogP contribution in [0.4, 0.5) is 0 Å². The van der Waals surface area contributed by atoms with Gasteiger partial charge in [0.1, 0.15) is 5.78 Å². The topological polar surface area (TPSA) is 55.1 Å². The van der Waals surface area contributed by atoms with Gasteiger partial charge >= 0.3 is 0 Å². The van der Waals surface area contributed by atoms with Gasteiger partial charge < -0.3 is 11.1 Å². The second kappa shape index (κ2) is 3.12. The monoisotopic (exact) mass is 142 g/mol. The molecule has 2 atom stereocenters. The van der Waals surface area contributed by atoms with Crippen molar-refractivity contribution in [3.8, 4) is 0 Å². The summed E-state index contributed by atoms with van der Waals surface area (Å²) in [6.45, 7) is 3.22. The second-order valence-electron chi connectivity index (χ2n) is 2.91. The smallest absolute Gasteiger partial charge is 0.146 e. The number of carbonyl (C=O) groups is 1. The molecule has 0 radical (unpaired) electrons. The van der Waals surface area contributed by atoms with Gasteiger partial charge in [0.15, 0.2) is 0 Å². The second-order valence-corrected chi connectivity index (χ2v) is 2.91. The fourth-order valence-corrected chi connectivity index (χ4v) is 1.30. The Hall–Kier alpha value is -0.410. The number of Topliss-reactive ketones (excluding diaryl/α,β-unsaturated/α-hetero) is 1. The first-order valence-corrected chi connectivity index (χ1v) is 3.68. The molecule has 1 aliphatic heterocycles. The lowest BCUT2D eigenvalue weighted by molar-refractivity contribution is -0.118. The Kier molecular flexibility index (Phi) is 2.40. The molecule has 0 saturated carbocycles. The molecule has 1 unspecified atom stereocenters. The lowest BCUT2D eigenvalue weighted by Gasteiger charge is -2.03. The van der Waals surface area contributed by atoms with E-state index in [1.807, 2.05) is 0 Å². The van der Waals surface area contributed by atoms with Crippen LogP contribution in [0.1, 0.15) is 13.3 Å². The Morgan fingerprint density at radius 2 is 2.50 bits per heavy atom. The molecule has 3 N–H and O–H groups in total. The Bertz CT molecular complexity index is 136. The van der Waals surface area contributed by atoms with E-state index in [4.69, 9.17) is 5.73 Å². The number of carbonyl (C=O) groups excluding carboxylic acids is 1. The van der Waals surface area contributed by atoms with Crippen LogP contribution in [0.15, 0.2) is 0 Å². The van der Waals surface area contributed by atoms with Gasteiger partial charge in [-0.1, -0.05) is 0 Å². The summed E-state index contributed by atoms with van der Waals surface area (Å²) in [6, 6.07) is 0.0774. The average molecular weight is 142 g/mol. The summed E-state index contributed by atoms with van der Waals surface area (Å²) >= 11 is 0. The lowest BCUT2D eigenvalue weighted by Crippen LogP contribution is -2.28. The summed E-state index contributed by atoms with van der Waals surface area (Å²) in [5.74, 6) is 0.741. The summed E-state index contributed by atoms with van der Waals surface area (Å²) < 4.78 is 0. The molecule has 1 fully saturated rings. The average Bonchev–Trinajstić information content (AvgIpc) is 2.34. The van der Waals surface area contributed by atoms with E-state index >= 15 is 0 Å². The van der Waals surface area contributed by atoms with Crippen molar-refractivity contribution < 1.29 is 4.79 Å². The molecule has 0 bridgehead atoms. The Balaban J connectivity index is 2.35. The highest BCUT2D eigenvalue weighted by Gasteiger charge is 2.25. The molecule has 0 spiro atoms. The van der Waals surface area contributed by atoms with Crippen molar-refractivity contribution in [1.29, 1.82) is 0 Å². The largest absolute Gasteiger partial charge is 0.330 e. The van der Waals surface area contributed by atoms with Crippen molar-refractivity contribution >= 4 is 5.78 Å². The van der Waals surface area contributed by atoms with Gasteiger partial charge in [-0.25, -0.2) is 0 Å². The Labute approximate surface area is 61.0 Å². The highest BCUT2D eigenvalue weighted by Crippen LogP contribution is 2.12. The van der Waals surface area contributed by atoms with Crippen LogP contribution in [-0.4, -0.2) is 24.9 Å². The first-order valence-electron chi connectivity index (χ1n) is 3.68. The highest BCUT2D eigenvalue weighted by molar-refractivity contribution is 5.81. The third-order valence-electron chi connectivity index (χ3n) is 2.05. The summed E-state index contributed by atoms with van der Waals surface area (Å²) in [6.07, 6.45) is 0.922. The molecule has 10 heavy (non-hydrogen) atoms. The quantitative estimate of drug-likeness (QED) is 0.547. The zero-order valence-electron chi connectivity index (χ0n) is 6.26. The van der Waals surface area contributed by atoms with E-state index in [0.717, 1.165) is 13.0 Å². The molecular weight excluding hydrogens is 128 g/mol. The molecule has 0 amide bonds. The summed E-state index contributed by atoms with van der Waals surface area (Å²) in [5, 5.41) is 3.13. The molecule has 3 heteroatoms. The van der Waals surface area contributed by atoms with Crippen molar-refractivity contribution in [3.63, 3.8) is 0 Å². The van der Waals surface area contributed by atoms with E-state index in [0.29, 0.717) is 12.5 Å². The molecule has 0 aromatic carbocycles. The summed E-state index contributed by atoms with van der Waals surface area (Å²) in [7, 11) is 0. The van der Waals surface area contributed by atoms with Crippen LogP contribution in [0, 0.1) is 5.92 Å². The van der Waals surface area contributed by atoms with Crippen molar-refractivity contribution in [3.05, 3.63) is 0 Å². The minimum Gasteiger partial charge on any atom is -0.330 e. The molecule has 3 nitrogen and oxygen atoms in total. The van der Waals surface area contributed by atoms with Crippen LogP contribution in [0.5, 0.6) is 0 Å². The standard InChI is InChI=1S/C7H14N2O/c1-5(10)7-2-6(3-8)4-9-7/h6-7,9H,2-4,8H2,1H3/t6?,7-/m0/s1. The molecule has 1 saturated heterocycles. The normalized spacial score (nSPS) is 32.6. The van der Waals surface area contributed by atoms with Crippen LogP contribution in [0.25, 0.3) is 0 Å². The van der Waals surface area contributed by atoms with Crippen LogP contribution in [0.3, 0.4) is 0 Å². The number of hydrogen-bond acceptors (Lipinski definition) is 3. The zero-order chi connectivity index (χ0) is 7.56. The summed E-state index contributed by atoms with van der Waals surface area (Å²) in [4.78, 5) is 10.8. The van der Waals surface area contributed by atoms with Crippen LogP contribution in [-0.2, 0) is 4.79 Å². The van der Waals surface area contributed by atoms with Gasteiger partial charge in [0, 0.05) is 0 Å². The Morgan fingerprint density at radius 1 is 1.80 bits per heavy atom. The van der Waals surface area contributed by atoms with Gasteiger partial charge in [0.05, 0.1) is 6.04 Å². The molecule has 0 aromatic rings. The number of rotatable bonds is 2. The SMILES string of the molecule is CC(=O)[C@@H]1CC(CN)CN1. The first kappa shape index (κ1) is 7.69. The van der Waals surface area contributed by atoms with Gasteiger partial charge in [-0.05, 0) is 32.4 Å². The highest BCUT2D eigenvalue weighted by atomic mass is 16.1. The molecule has 1 aliphatic rings. The molecular formula is C7H14N2O. The van der Waals surface area contributed by atoms with E-state index in [1.54, 1.807) is 6.92 Å². The third-order valence-corrected chi connectivity index (χ3v) is 2.05. The molecule has 1 rings (SSSR count). The maximum atomic E-state index is 10.8. The third kappa shape index (κ3) is 1.55. The number of ketones is 1. The molecule has 0 aromatic heterocycles.